The summed E-state index contributed by atoms with van der Waals surface area (Å²) in [5, 5.41) is 1.07. The van der Waals surface area contributed by atoms with Gasteiger partial charge >= 0.3 is 5.97 Å². The molecule has 2 aromatic carbocycles. The van der Waals surface area contributed by atoms with E-state index in [2.05, 4.69) is 38.1 Å². The van der Waals surface area contributed by atoms with Crippen LogP contribution in [0.2, 0.25) is 0 Å². The molecule has 0 saturated carbocycles. The molecule has 0 unspecified atom stereocenters. The number of esters is 1. The lowest BCUT2D eigenvalue weighted by atomic mass is 10.1. The second kappa shape index (κ2) is 11.2. The Morgan fingerprint density at radius 2 is 1.93 bits per heavy atom. The van der Waals surface area contributed by atoms with Crippen molar-refractivity contribution in [2.45, 2.75) is 44.3 Å². The van der Waals surface area contributed by atoms with E-state index in [0.29, 0.717) is 6.61 Å². The van der Waals surface area contributed by atoms with Crippen LogP contribution in [0, 0.1) is 6.92 Å². The Bertz CT molecular complexity index is 970. The molecular weight excluding hydrogens is 414 g/mol. The van der Waals surface area contributed by atoms with Crippen molar-refractivity contribution in [2.24, 2.45) is 0 Å². The van der Waals surface area contributed by atoms with Gasteiger partial charge in [-0.25, -0.2) is 9.78 Å². The van der Waals surface area contributed by atoms with E-state index in [0.717, 1.165) is 46.2 Å². The number of benzene rings is 2. The molecule has 0 spiro atoms. The summed E-state index contributed by atoms with van der Waals surface area (Å²) in [5.74, 6) is 1.30. The predicted molar refractivity (Wildman–Crippen MR) is 124 cm³/mol. The van der Waals surface area contributed by atoms with Gasteiger partial charge in [-0.2, -0.15) is 0 Å². The first-order chi connectivity index (χ1) is 14.6. The lowest BCUT2D eigenvalue weighted by Crippen LogP contribution is -2.15. The van der Waals surface area contributed by atoms with Crippen molar-refractivity contribution >= 4 is 29.1 Å². The quantitative estimate of drug-likeness (QED) is 0.273. The minimum atomic E-state index is -0.340. The van der Waals surface area contributed by atoms with E-state index in [4.69, 9.17) is 14.5 Å². The topological polar surface area (TPSA) is 48.4 Å². The van der Waals surface area contributed by atoms with Gasteiger partial charge in [-0.1, -0.05) is 43.7 Å². The Hall–Kier alpha value is -2.31. The lowest BCUT2D eigenvalue weighted by Gasteiger charge is -2.12. The third-order valence-electron chi connectivity index (χ3n) is 4.49. The van der Waals surface area contributed by atoms with Gasteiger partial charge in [0.25, 0.3) is 0 Å². The van der Waals surface area contributed by atoms with E-state index < -0.39 is 0 Å². The fourth-order valence-corrected chi connectivity index (χ4v) is 5.18. The Kier molecular flexibility index (Phi) is 8.34. The molecule has 0 N–H and O–H groups in total. The molecule has 0 aliphatic rings. The number of rotatable bonds is 10. The van der Waals surface area contributed by atoms with Gasteiger partial charge in [0.15, 0.2) is 6.61 Å². The molecule has 1 heterocycles. The van der Waals surface area contributed by atoms with Gasteiger partial charge in [-0.3, -0.25) is 0 Å². The molecule has 158 valence electrons. The molecule has 0 bridgehead atoms. The highest BCUT2D eigenvalue weighted by molar-refractivity contribution is 7.98. The number of ether oxygens (including phenoxy) is 2. The van der Waals surface area contributed by atoms with E-state index in [1.807, 2.05) is 24.3 Å². The van der Waals surface area contributed by atoms with Crippen LogP contribution in [-0.4, -0.2) is 24.2 Å². The number of carbonyl (C=O) groups is 1. The average molecular weight is 442 g/mol. The van der Waals surface area contributed by atoms with Gasteiger partial charge in [0, 0.05) is 21.1 Å². The van der Waals surface area contributed by atoms with E-state index in [-0.39, 0.29) is 12.6 Å². The third kappa shape index (κ3) is 6.09. The second-order valence-electron chi connectivity index (χ2n) is 6.80. The molecule has 3 rings (SSSR count). The minimum Gasteiger partial charge on any atom is -0.482 e. The highest BCUT2D eigenvalue weighted by Crippen LogP contribution is 2.34. The van der Waals surface area contributed by atoms with Gasteiger partial charge in [0.1, 0.15) is 10.8 Å². The fraction of sp³-hybridized carbons (Fsp3) is 0.333. The number of hydrogen-bond acceptors (Lipinski definition) is 6. The summed E-state index contributed by atoms with van der Waals surface area (Å²) in [4.78, 5) is 18.8. The van der Waals surface area contributed by atoms with Gasteiger partial charge < -0.3 is 9.47 Å². The summed E-state index contributed by atoms with van der Waals surface area (Å²) in [5.41, 5.74) is 3.38. The molecule has 0 radical (unpaired) electrons. The molecule has 0 atom stereocenters. The smallest absolute Gasteiger partial charge is 0.344 e. The maximum atomic E-state index is 11.6. The van der Waals surface area contributed by atoms with Crippen LogP contribution >= 0.6 is 23.1 Å². The van der Waals surface area contributed by atoms with E-state index >= 15 is 0 Å². The number of aromatic nitrogens is 1. The summed E-state index contributed by atoms with van der Waals surface area (Å²) >= 11 is 3.56. The van der Waals surface area contributed by atoms with Gasteiger partial charge in [-0.15, -0.1) is 23.1 Å². The fourth-order valence-electron chi connectivity index (χ4n) is 3.01. The molecule has 0 aliphatic heterocycles. The highest BCUT2D eigenvalue weighted by atomic mass is 32.2. The third-order valence-corrected chi connectivity index (χ3v) is 6.89. The monoisotopic (exact) mass is 441 g/mol. The molecule has 6 heteroatoms. The zero-order valence-corrected chi connectivity index (χ0v) is 19.3. The first-order valence-electron chi connectivity index (χ1n) is 10.2. The number of nitrogens with zero attached hydrogens (tertiary/aromatic N) is 1. The molecular formula is C24H27NO3S2. The van der Waals surface area contributed by atoms with E-state index in [9.17, 15) is 4.79 Å². The molecule has 1 aromatic heterocycles. The van der Waals surface area contributed by atoms with Crippen molar-refractivity contribution in [1.82, 2.24) is 4.98 Å². The van der Waals surface area contributed by atoms with Crippen molar-refractivity contribution in [1.29, 1.82) is 0 Å². The van der Waals surface area contributed by atoms with Crippen molar-refractivity contribution in [3.05, 3.63) is 64.7 Å². The maximum absolute atomic E-state index is 11.6. The first kappa shape index (κ1) is 22.4. The van der Waals surface area contributed by atoms with Crippen LogP contribution in [0.15, 0.2) is 53.4 Å². The van der Waals surface area contributed by atoms with Crippen LogP contribution in [0.5, 0.6) is 5.75 Å². The molecule has 3 aromatic rings. The standard InChI is InChI=1S/C24H27NO3S2/c1-4-9-19-14-20(12-13-21(19)28-15-23(26)27-5-2)29-16-22-17(3)25-24(30-22)18-10-7-6-8-11-18/h6-8,10-14H,4-5,9,15-16H2,1-3H3. The zero-order chi connectivity index (χ0) is 21.3. The molecule has 30 heavy (non-hydrogen) atoms. The Morgan fingerprint density at radius 3 is 2.67 bits per heavy atom. The van der Waals surface area contributed by atoms with Crippen molar-refractivity contribution in [3.63, 3.8) is 0 Å². The molecule has 0 amide bonds. The largest absolute Gasteiger partial charge is 0.482 e. The number of thioether (sulfide) groups is 1. The normalized spacial score (nSPS) is 10.8. The van der Waals surface area contributed by atoms with Crippen molar-refractivity contribution in [3.8, 4) is 16.3 Å². The average Bonchev–Trinajstić information content (AvgIpc) is 3.13. The van der Waals surface area contributed by atoms with Crippen molar-refractivity contribution in [2.75, 3.05) is 13.2 Å². The van der Waals surface area contributed by atoms with Gasteiger partial charge in [0.2, 0.25) is 0 Å². The first-order valence-corrected chi connectivity index (χ1v) is 12.0. The van der Waals surface area contributed by atoms with Crippen LogP contribution in [0.1, 0.15) is 36.4 Å². The van der Waals surface area contributed by atoms with Gasteiger partial charge in [0.05, 0.1) is 12.3 Å². The predicted octanol–water partition coefficient (Wildman–Crippen LogP) is 6.31. The van der Waals surface area contributed by atoms with Gasteiger partial charge in [-0.05, 0) is 44.0 Å². The number of carbonyl (C=O) groups excluding carboxylic acids is 1. The molecule has 4 nitrogen and oxygen atoms in total. The SMILES string of the molecule is CCCc1cc(SCc2sc(-c3ccccc3)nc2C)ccc1OCC(=O)OCC. The number of hydrogen-bond donors (Lipinski definition) is 0. The van der Waals surface area contributed by atoms with E-state index in [1.54, 1.807) is 30.0 Å². The van der Waals surface area contributed by atoms with E-state index in [1.165, 1.54) is 9.77 Å². The summed E-state index contributed by atoms with van der Waals surface area (Å²) in [6, 6.07) is 16.5. The van der Waals surface area contributed by atoms with Crippen LogP contribution in [-0.2, 0) is 21.7 Å². The summed E-state index contributed by atoms with van der Waals surface area (Å²) in [6.45, 7) is 6.32. The van der Waals surface area contributed by atoms with Crippen LogP contribution in [0.4, 0.5) is 0 Å². The number of aryl methyl sites for hydroxylation is 2. The summed E-state index contributed by atoms with van der Waals surface area (Å²) in [6.07, 6.45) is 1.92. The summed E-state index contributed by atoms with van der Waals surface area (Å²) < 4.78 is 10.6. The Labute approximate surface area is 186 Å². The molecule has 0 saturated heterocycles. The van der Waals surface area contributed by atoms with Crippen molar-refractivity contribution < 1.29 is 14.3 Å². The lowest BCUT2D eigenvalue weighted by molar-refractivity contribution is -0.145. The minimum absolute atomic E-state index is 0.0562. The molecule has 0 aliphatic carbocycles. The van der Waals surface area contributed by atoms with Crippen LogP contribution in [0.3, 0.4) is 0 Å². The summed E-state index contributed by atoms with van der Waals surface area (Å²) in [7, 11) is 0. The Morgan fingerprint density at radius 1 is 1.13 bits per heavy atom. The zero-order valence-electron chi connectivity index (χ0n) is 17.6. The highest BCUT2D eigenvalue weighted by Gasteiger charge is 2.12. The van der Waals surface area contributed by atoms with Crippen LogP contribution < -0.4 is 4.74 Å². The second-order valence-corrected chi connectivity index (χ2v) is 8.93. The Balaban J connectivity index is 1.67. The molecule has 0 fully saturated rings. The van der Waals surface area contributed by atoms with Crippen LogP contribution in [0.25, 0.3) is 10.6 Å². The number of thiazole rings is 1. The maximum Gasteiger partial charge on any atom is 0.344 e.